The second-order valence-corrected chi connectivity index (χ2v) is 4.80. The molecule has 0 aromatic carbocycles. The summed E-state index contributed by atoms with van der Waals surface area (Å²) in [6.45, 7) is 3.69. The summed E-state index contributed by atoms with van der Waals surface area (Å²) in [6.07, 6.45) is 6.36. The molecule has 0 radical (unpaired) electrons. The molecule has 0 saturated carbocycles. The van der Waals surface area contributed by atoms with E-state index in [-0.39, 0.29) is 0 Å². The number of aryl methyl sites for hydroxylation is 1. The van der Waals surface area contributed by atoms with Crippen LogP contribution in [0, 0.1) is 3.70 Å². The molecule has 0 unspecified atom stereocenters. The van der Waals surface area contributed by atoms with Gasteiger partial charge < -0.3 is 11.1 Å². The van der Waals surface area contributed by atoms with Gasteiger partial charge in [-0.15, -0.1) is 0 Å². The van der Waals surface area contributed by atoms with E-state index in [0.717, 1.165) is 34.2 Å². The molecule has 96 valence electrons. The molecule has 0 saturated heterocycles. The fourth-order valence-electron chi connectivity index (χ4n) is 1.67. The number of anilines is 1. The van der Waals surface area contributed by atoms with Gasteiger partial charge in [-0.3, -0.25) is 0 Å². The molecule has 7 heteroatoms. The van der Waals surface area contributed by atoms with Crippen LogP contribution in [0.15, 0.2) is 18.6 Å². The van der Waals surface area contributed by atoms with Gasteiger partial charge in [-0.2, -0.15) is 5.10 Å². The monoisotopic (exact) mass is 358 g/mol. The third-order valence-corrected chi connectivity index (χ3v) is 3.25. The maximum atomic E-state index is 5.83. The molecule has 0 aliphatic carbocycles. The zero-order valence-electron chi connectivity index (χ0n) is 10.1. The Morgan fingerprint density at radius 2 is 2.33 bits per heavy atom. The zero-order valence-corrected chi connectivity index (χ0v) is 12.3. The van der Waals surface area contributed by atoms with E-state index in [2.05, 4.69) is 43.0 Å². The number of hydrogen-bond donors (Lipinski definition) is 2. The largest absolute Gasteiger partial charge is 0.391 e. The van der Waals surface area contributed by atoms with E-state index >= 15 is 0 Å². The normalized spacial score (nSPS) is 11.4. The molecule has 0 spiro atoms. The molecule has 0 fully saturated rings. The van der Waals surface area contributed by atoms with Crippen LogP contribution in [0.25, 0.3) is 11.0 Å². The Morgan fingerprint density at radius 3 is 3.11 bits per heavy atom. The fourth-order valence-corrected chi connectivity index (χ4v) is 2.45. The minimum absolute atomic E-state index is 0.489. The van der Waals surface area contributed by atoms with Crippen LogP contribution in [0.1, 0.15) is 13.3 Å². The molecule has 3 N–H and O–H groups in total. The van der Waals surface area contributed by atoms with Crippen LogP contribution in [0.5, 0.6) is 0 Å². The van der Waals surface area contributed by atoms with Crippen LogP contribution in [0.4, 0.5) is 5.82 Å². The first-order valence-corrected chi connectivity index (χ1v) is 6.79. The number of nitrogens with two attached hydrogens (primary N) is 1. The van der Waals surface area contributed by atoms with Gasteiger partial charge >= 0.3 is 0 Å². The second kappa shape index (κ2) is 5.98. The Morgan fingerprint density at radius 1 is 1.50 bits per heavy atom. The highest BCUT2D eigenvalue weighted by molar-refractivity contribution is 14.1. The van der Waals surface area contributed by atoms with Gasteiger partial charge in [0, 0.05) is 13.1 Å². The summed E-state index contributed by atoms with van der Waals surface area (Å²) in [5.41, 5.74) is 6.64. The number of halogens is 1. The average Bonchev–Trinajstić information content (AvgIpc) is 2.67. The summed E-state index contributed by atoms with van der Waals surface area (Å²) < 4.78 is 2.73. The van der Waals surface area contributed by atoms with E-state index in [9.17, 15) is 0 Å². The van der Waals surface area contributed by atoms with Crippen molar-refractivity contribution in [1.82, 2.24) is 25.1 Å². The van der Waals surface area contributed by atoms with Gasteiger partial charge in [0.05, 0.1) is 5.39 Å². The second-order valence-electron chi connectivity index (χ2n) is 3.78. The first kappa shape index (κ1) is 13.1. The molecule has 0 amide bonds. The summed E-state index contributed by atoms with van der Waals surface area (Å²) >= 11 is 2.16. The van der Waals surface area contributed by atoms with Gasteiger partial charge in [-0.25, -0.2) is 14.6 Å². The summed E-state index contributed by atoms with van der Waals surface area (Å²) in [6, 6.07) is 0. The smallest absolute Gasteiger partial charge is 0.164 e. The average molecular weight is 358 g/mol. The van der Waals surface area contributed by atoms with Crippen molar-refractivity contribution in [2.24, 2.45) is 0 Å². The molecule has 0 bridgehead atoms. The van der Waals surface area contributed by atoms with E-state index < -0.39 is 0 Å². The van der Waals surface area contributed by atoms with Gasteiger partial charge in [0.25, 0.3) is 0 Å². The minimum Gasteiger partial charge on any atom is -0.391 e. The lowest BCUT2D eigenvalue weighted by molar-refractivity contribution is 0.577. The highest BCUT2D eigenvalue weighted by Crippen LogP contribution is 2.22. The van der Waals surface area contributed by atoms with Crippen molar-refractivity contribution in [3.05, 3.63) is 22.3 Å². The number of nitrogens with zero attached hydrogens (tertiary/aromatic N) is 4. The maximum absolute atomic E-state index is 5.83. The predicted molar refractivity (Wildman–Crippen MR) is 79.9 cm³/mol. The Kier molecular flexibility index (Phi) is 4.34. The molecule has 0 aliphatic rings. The number of fused-ring (bicyclic) bond motifs is 1. The molecule has 2 rings (SSSR count). The zero-order chi connectivity index (χ0) is 13.0. The van der Waals surface area contributed by atoms with Gasteiger partial charge in [-0.1, -0.05) is 6.08 Å². The van der Waals surface area contributed by atoms with E-state index in [4.69, 9.17) is 5.73 Å². The standard InChI is InChI=1S/C11H15IN6/c1-2-4-14-5-3-6-18-11-8(9(12)17-18)10(13)15-7-16-11/h2,4,7,14H,3,5-6H2,1H3,(H2,13,15,16). The van der Waals surface area contributed by atoms with Gasteiger partial charge in [-0.05, 0) is 42.1 Å². The number of allylic oxidation sites excluding steroid dienone is 1. The summed E-state index contributed by atoms with van der Waals surface area (Å²) in [5.74, 6) is 0.489. The lowest BCUT2D eigenvalue weighted by Gasteiger charge is -2.03. The highest BCUT2D eigenvalue weighted by Gasteiger charge is 2.12. The summed E-state index contributed by atoms with van der Waals surface area (Å²) in [5, 5.41) is 8.48. The van der Waals surface area contributed by atoms with Crippen LogP contribution in [0.3, 0.4) is 0 Å². The van der Waals surface area contributed by atoms with E-state index in [0.29, 0.717) is 5.82 Å². The maximum Gasteiger partial charge on any atom is 0.164 e. The predicted octanol–water partition coefficient (Wildman–Crippen LogP) is 1.53. The number of aromatic nitrogens is 4. The Hall–Kier alpha value is -1.38. The fraction of sp³-hybridized carbons (Fsp3) is 0.364. The number of nitrogen functional groups attached to an aromatic ring is 1. The Labute approximate surface area is 119 Å². The third-order valence-electron chi connectivity index (χ3n) is 2.49. The topological polar surface area (TPSA) is 81.7 Å². The molecule has 2 aromatic rings. The van der Waals surface area contributed by atoms with E-state index in [1.807, 2.05) is 23.9 Å². The van der Waals surface area contributed by atoms with Crippen molar-refractivity contribution in [2.75, 3.05) is 12.3 Å². The van der Waals surface area contributed by atoms with Crippen LogP contribution in [-0.4, -0.2) is 26.3 Å². The lowest BCUT2D eigenvalue weighted by Crippen LogP contribution is -2.11. The van der Waals surface area contributed by atoms with Crippen molar-refractivity contribution in [3.8, 4) is 0 Å². The van der Waals surface area contributed by atoms with Gasteiger partial charge in [0.15, 0.2) is 5.65 Å². The first-order chi connectivity index (χ1) is 8.74. The first-order valence-electron chi connectivity index (χ1n) is 5.71. The number of hydrogen-bond acceptors (Lipinski definition) is 5. The molecular weight excluding hydrogens is 343 g/mol. The minimum atomic E-state index is 0.489. The van der Waals surface area contributed by atoms with E-state index in [1.54, 1.807) is 0 Å². The SMILES string of the molecule is CC=CNCCCn1nc(I)c2c(N)ncnc21. The molecule has 0 aliphatic heterocycles. The third kappa shape index (κ3) is 2.71. The van der Waals surface area contributed by atoms with Crippen molar-refractivity contribution < 1.29 is 0 Å². The number of rotatable bonds is 5. The molecule has 2 aromatic heterocycles. The van der Waals surface area contributed by atoms with Crippen molar-refractivity contribution in [2.45, 2.75) is 19.9 Å². The van der Waals surface area contributed by atoms with Crippen LogP contribution >= 0.6 is 22.6 Å². The molecular formula is C11H15IN6. The Bertz CT molecular complexity index is 562. The van der Waals surface area contributed by atoms with E-state index in [1.165, 1.54) is 6.33 Å². The van der Waals surface area contributed by atoms with Gasteiger partial charge in [0.2, 0.25) is 0 Å². The van der Waals surface area contributed by atoms with Crippen molar-refractivity contribution >= 4 is 39.4 Å². The van der Waals surface area contributed by atoms with Crippen LogP contribution in [-0.2, 0) is 6.54 Å². The highest BCUT2D eigenvalue weighted by atomic mass is 127. The van der Waals surface area contributed by atoms with Gasteiger partial charge in [0.1, 0.15) is 15.8 Å². The van der Waals surface area contributed by atoms with Crippen LogP contribution < -0.4 is 11.1 Å². The molecule has 2 heterocycles. The number of nitrogens with one attached hydrogen (secondary N) is 1. The summed E-state index contributed by atoms with van der Waals surface area (Å²) in [7, 11) is 0. The Balaban J connectivity index is 2.12. The summed E-state index contributed by atoms with van der Waals surface area (Å²) in [4.78, 5) is 8.24. The van der Waals surface area contributed by atoms with Crippen molar-refractivity contribution in [3.63, 3.8) is 0 Å². The van der Waals surface area contributed by atoms with Crippen molar-refractivity contribution in [1.29, 1.82) is 0 Å². The quantitative estimate of drug-likeness (QED) is 0.626. The van der Waals surface area contributed by atoms with Crippen LogP contribution in [0.2, 0.25) is 0 Å². The molecule has 0 atom stereocenters. The molecule has 18 heavy (non-hydrogen) atoms. The molecule has 6 nitrogen and oxygen atoms in total. The lowest BCUT2D eigenvalue weighted by atomic mass is 10.4.